The number of hydrogen-bond acceptors (Lipinski definition) is 6. The number of nitrogens with zero attached hydrogens (tertiary/aromatic N) is 1. The van der Waals surface area contributed by atoms with E-state index in [1.165, 1.54) is 6.33 Å². The molecule has 0 amide bonds. The van der Waals surface area contributed by atoms with E-state index in [2.05, 4.69) is 9.97 Å². The van der Waals surface area contributed by atoms with Crippen molar-refractivity contribution in [3.05, 3.63) is 48.0 Å². The third-order valence-electron chi connectivity index (χ3n) is 3.20. The number of aliphatic carboxylic acids is 1. The summed E-state index contributed by atoms with van der Waals surface area (Å²) in [7, 11) is 0. The molecule has 2 aromatic rings. The molecule has 2 atom stereocenters. The van der Waals surface area contributed by atoms with Gasteiger partial charge in [0.2, 0.25) is 0 Å². The minimum absolute atomic E-state index is 0.197. The number of benzene rings is 1. The molecule has 0 saturated heterocycles. The summed E-state index contributed by atoms with van der Waals surface area (Å²) in [5.74, 6) is -1.30. The van der Waals surface area contributed by atoms with Crippen LogP contribution in [0.5, 0.6) is 5.75 Å². The zero-order valence-electron chi connectivity index (χ0n) is 12.3. The molecule has 8 nitrogen and oxygen atoms in total. The zero-order valence-corrected chi connectivity index (χ0v) is 12.3. The highest BCUT2D eigenvalue weighted by molar-refractivity contribution is 5.78. The van der Waals surface area contributed by atoms with Gasteiger partial charge in [-0.3, -0.25) is 4.79 Å². The second-order valence-corrected chi connectivity index (χ2v) is 5.09. The Labute approximate surface area is 132 Å². The Morgan fingerprint density at radius 2 is 1.87 bits per heavy atom. The van der Waals surface area contributed by atoms with Crippen molar-refractivity contribution in [1.29, 1.82) is 0 Å². The molecular weight excluding hydrogens is 300 g/mol. The van der Waals surface area contributed by atoms with Gasteiger partial charge in [-0.05, 0) is 24.1 Å². The SMILES string of the molecule is N[C@@H](Cc1ccc(OC(=O)[C@@H](N)Cc2c[nH]cn2)cc1)C(=O)O. The quantitative estimate of drug-likeness (QED) is 0.410. The third-order valence-corrected chi connectivity index (χ3v) is 3.20. The van der Waals surface area contributed by atoms with E-state index in [-0.39, 0.29) is 12.8 Å². The Bertz CT molecular complexity index is 655. The summed E-state index contributed by atoms with van der Waals surface area (Å²) in [5, 5.41) is 8.77. The van der Waals surface area contributed by atoms with Crippen LogP contribution in [-0.2, 0) is 22.4 Å². The first-order valence-corrected chi connectivity index (χ1v) is 6.98. The molecule has 0 aliphatic heterocycles. The van der Waals surface area contributed by atoms with Gasteiger partial charge in [0, 0.05) is 12.6 Å². The molecule has 0 radical (unpaired) electrons. The van der Waals surface area contributed by atoms with Crippen molar-refractivity contribution >= 4 is 11.9 Å². The lowest BCUT2D eigenvalue weighted by Gasteiger charge is -2.11. The predicted molar refractivity (Wildman–Crippen MR) is 81.7 cm³/mol. The van der Waals surface area contributed by atoms with Crippen molar-refractivity contribution in [1.82, 2.24) is 9.97 Å². The van der Waals surface area contributed by atoms with Gasteiger partial charge in [-0.25, -0.2) is 9.78 Å². The highest BCUT2D eigenvalue weighted by Crippen LogP contribution is 2.14. The van der Waals surface area contributed by atoms with Crippen molar-refractivity contribution in [2.24, 2.45) is 11.5 Å². The molecule has 122 valence electrons. The van der Waals surface area contributed by atoms with Gasteiger partial charge in [-0.1, -0.05) is 12.1 Å². The van der Waals surface area contributed by atoms with Gasteiger partial charge in [0.25, 0.3) is 0 Å². The summed E-state index contributed by atoms with van der Waals surface area (Å²) < 4.78 is 5.18. The topological polar surface area (TPSA) is 144 Å². The van der Waals surface area contributed by atoms with Gasteiger partial charge in [0.05, 0.1) is 12.0 Å². The van der Waals surface area contributed by atoms with Crippen molar-refractivity contribution < 1.29 is 19.4 Å². The number of carbonyl (C=O) groups is 2. The third kappa shape index (κ3) is 4.90. The standard InChI is InChI=1S/C15H18N4O4/c16-12(14(20)21)5-9-1-3-11(4-2-9)23-15(22)13(17)6-10-7-18-8-19-10/h1-4,7-8,12-13H,5-6,16-17H2,(H,18,19)(H,20,21)/t12-,13-/m0/s1. The lowest BCUT2D eigenvalue weighted by atomic mass is 10.1. The molecule has 0 fully saturated rings. The fourth-order valence-electron chi connectivity index (χ4n) is 1.94. The second kappa shape index (κ2) is 7.52. The van der Waals surface area contributed by atoms with Crippen LogP contribution in [0, 0.1) is 0 Å². The summed E-state index contributed by atoms with van der Waals surface area (Å²) in [5.41, 5.74) is 12.6. The minimum Gasteiger partial charge on any atom is -0.480 e. The van der Waals surface area contributed by atoms with Crippen LogP contribution in [0.2, 0.25) is 0 Å². The smallest absolute Gasteiger partial charge is 0.328 e. The number of rotatable bonds is 7. The van der Waals surface area contributed by atoms with Crippen LogP contribution < -0.4 is 16.2 Å². The van der Waals surface area contributed by atoms with E-state index in [1.807, 2.05) is 0 Å². The average molecular weight is 318 g/mol. The van der Waals surface area contributed by atoms with Gasteiger partial charge < -0.3 is 26.3 Å². The monoisotopic (exact) mass is 318 g/mol. The van der Waals surface area contributed by atoms with Gasteiger partial charge in [-0.15, -0.1) is 0 Å². The lowest BCUT2D eigenvalue weighted by Crippen LogP contribution is -2.36. The normalized spacial score (nSPS) is 13.3. The Balaban J connectivity index is 1.89. The largest absolute Gasteiger partial charge is 0.480 e. The molecule has 0 aliphatic rings. The van der Waals surface area contributed by atoms with Gasteiger partial charge in [-0.2, -0.15) is 0 Å². The van der Waals surface area contributed by atoms with Gasteiger partial charge in [0.15, 0.2) is 0 Å². The minimum atomic E-state index is -1.06. The van der Waals surface area contributed by atoms with Crippen LogP contribution in [0.25, 0.3) is 0 Å². The summed E-state index contributed by atoms with van der Waals surface area (Å²) in [6, 6.07) is 4.67. The van der Waals surface area contributed by atoms with Gasteiger partial charge in [0.1, 0.15) is 17.8 Å². The number of aromatic nitrogens is 2. The van der Waals surface area contributed by atoms with Crippen molar-refractivity contribution in [2.45, 2.75) is 24.9 Å². The van der Waals surface area contributed by atoms with E-state index in [0.717, 1.165) is 5.56 Å². The molecule has 1 aromatic carbocycles. The van der Waals surface area contributed by atoms with E-state index < -0.39 is 24.0 Å². The number of esters is 1. The molecule has 0 aliphatic carbocycles. The van der Waals surface area contributed by atoms with Crippen LogP contribution in [0.1, 0.15) is 11.3 Å². The highest BCUT2D eigenvalue weighted by atomic mass is 16.5. The Hall–Kier alpha value is -2.71. The second-order valence-electron chi connectivity index (χ2n) is 5.09. The summed E-state index contributed by atoms with van der Waals surface area (Å²) >= 11 is 0. The molecule has 0 bridgehead atoms. The molecule has 0 unspecified atom stereocenters. The molecule has 8 heteroatoms. The van der Waals surface area contributed by atoms with E-state index in [9.17, 15) is 9.59 Å². The molecule has 0 spiro atoms. The zero-order chi connectivity index (χ0) is 16.8. The van der Waals surface area contributed by atoms with E-state index >= 15 is 0 Å². The number of H-pyrrole nitrogens is 1. The molecule has 1 aromatic heterocycles. The van der Waals surface area contributed by atoms with E-state index in [1.54, 1.807) is 30.5 Å². The number of carboxylic acids is 1. The number of nitrogens with one attached hydrogen (secondary N) is 1. The molecule has 0 saturated carbocycles. The molecule has 6 N–H and O–H groups in total. The summed E-state index contributed by atoms with van der Waals surface area (Å²) in [6.45, 7) is 0. The fraction of sp³-hybridized carbons (Fsp3) is 0.267. The van der Waals surface area contributed by atoms with Crippen molar-refractivity contribution in [2.75, 3.05) is 0 Å². The Morgan fingerprint density at radius 3 is 2.43 bits per heavy atom. The number of nitrogens with two attached hydrogens (primary N) is 2. The van der Waals surface area contributed by atoms with Crippen LogP contribution >= 0.6 is 0 Å². The molecule has 2 rings (SSSR count). The first-order valence-electron chi connectivity index (χ1n) is 6.98. The number of hydrogen-bond donors (Lipinski definition) is 4. The fourth-order valence-corrected chi connectivity index (χ4v) is 1.94. The summed E-state index contributed by atoms with van der Waals surface area (Å²) in [4.78, 5) is 29.4. The number of imidazole rings is 1. The van der Waals surface area contributed by atoms with E-state index in [0.29, 0.717) is 11.4 Å². The molecule has 1 heterocycles. The number of carbonyl (C=O) groups excluding carboxylic acids is 1. The van der Waals surface area contributed by atoms with Crippen LogP contribution in [0.15, 0.2) is 36.8 Å². The lowest BCUT2D eigenvalue weighted by molar-refractivity contribution is -0.138. The average Bonchev–Trinajstić information content (AvgIpc) is 3.02. The number of ether oxygens (including phenoxy) is 1. The first-order chi connectivity index (χ1) is 11.0. The van der Waals surface area contributed by atoms with Gasteiger partial charge >= 0.3 is 11.9 Å². The maximum Gasteiger partial charge on any atom is 0.328 e. The molecular formula is C15H18N4O4. The Kier molecular flexibility index (Phi) is 5.45. The van der Waals surface area contributed by atoms with Crippen LogP contribution in [0.3, 0.4) is 0 Å². The van der Waals surface area contributed by atoms with Crippen molar-refractivity contribution in [3.63, 3.8) is 0 Å². The summed E-state index contributed by atoms with van der Waals surface area (Å²) in [6.07, 6.45) is 3.64. The predicted octanol–water partition coefficient (Wildman–Crippen LogP) is -0.160. The van der Waals surface area contributed by atoms with Crippen LogP contribution in [0.4, 0.5) is 0 Å². The number of aromatic amines is 1. The highest BCUT2D eigenvalue weighted by Gasteiger charge is 2.18. The number of carboxylic acid groups (broad SMARTS) is 1. The van der Waals surface area contributed by atoms with E-state index in [4.69, 9.17) is 21.3 Å². The molecule has 23 heavy (non-hydrogen) atoms. The van der Waals surface area contributed by atoms with Crippen molar-refractivity contribution in [3.8, 4) is 5.75 Å². The van der Waals surface area contributed by atoms with Crippen LogP contribution in [-0.4, -0.2) is 39.1 Å². The Morgan fingerprint density at radius 1 is 1.17 bits per heavy atom. The maximum atomic E-state index is 11.9. The first kappa shape index (κ1) is 16.7. The maximum absolute atomic E-state index is 11.9.